The van der Waals surface area contributed by atoms with E-state index in [1.165, 1.54) is 6.07 Å². The van der Waals surface area contributed by atoms with Gasteiger partial charge in [-0.3, -0.25) is 10.7 Å². The zero-order valence-electron chi connectivity index (χ0n) is 4.67. The van der Waals surface area contributed by atoms with E-state index in [0.717, 1.165) is 0 Å². The molecule has 0 aromatic carbocycles. The summed E-state index contributed by atoms with van der Waals surface area (Å²) in [5.74, 6) is 0. The van der Waals surface area contributed by atoms with Crippen molar-refractivity contribution in [1.82, 2.24) is 10.2 Å². The number of anilines is 1. The fourth-order valence-electron chi connectivity index (χ4n) is 0.431. The van der Waals surface area contributed by atoms with Crippen molar-refractivity contribution in [2.75, 3.05) is 5.48 Å². The zero-order valence-corrected chi connectivity index (χ0v) is 6.19. The van der Waals surface area contributed by atoms with E-state index in [-0.39, 0.29) is 16.0 Å². The van der Waals surface area contributed by atoms with Crippen molar-refractivity contribution in [3.63, 3.8) is 0 Å². The Morgan fingerprint density at radius 3 is 2.60 bits per heavy atom. The minimum atomic E-state index is 0.0758. The molecule has 0 amide bonds. The molecule has 0 aliphatic carbocycles. The number of nitrogens with zero attached hydrogens (tertiary/aromatic N) is 2. The van der Waals surface area contributed by atoms with Gasteiger partial charge in [-0.1, -0.05) is 23.2 Å². The summed E-state index contributed by atoms with van der Waals surface area (Å²) in [4.78, 5) is 0. The summed E-state index contributed by atoms with van der Waals surface area (Å²) >= 11 is 10.9. The number of hydrogen-bond donors (Lipinski definition) is 2. The van der Waals surface area contributed by atoms with Gasteiger partial charge in [0.15, 0.2) is 10.3 Å². The average Bonchev–Trinajstić information content (AvgIpc) is 1.94. The van der Waals surface area contributed by atoms with E-state index in [4.69, 9.17) is 28.4 Å². The summed E-state index contributed by atoms with van der Waals surface area (Å²) in [6.07, 6.45) is 0. The van der Waals surface area contributed by atoms with Crippen molar-refractivity contribution in [3.8, 4) is 0 Å². The maximum Gasteiger partial charge on any atom is 0.177 e. The molecule has 0 aliphatic heterocycles. The fourth-order valence-corrected chi connectivity index (χ4v) is 0.713. The molecule has 2 N–H and O–H groups in total. The predicted molar refractivity (Wildman–Crippen MR) is 37.5 cm³/mol. The lowest BCUT2D eigenvalue weighted by Crippen LogP contribution is -1.93. The number of aromatic nitrogens is 2. The number of hydrogen-bond acceptors (Lipinski definition) is 4. The molecule has 1 aromatic rings. The van der Waals surface area contributed by atoms with Crippen LogP contribution in [0.2, 0.25) is 10.3 Å². The standard InChI is InChI=1S/C4H3Cl2N3O/c5-3-1-2(9-10)4(6)8-7-3/h1,10H,(H,7,9). The summed E-state index contributed by atoms with van der Waals surface area (Å²) in [6, 6.07) is 1.36. The Hall–Kier alpha value is -0.580. The van der Waals surface area contributed by atoms with E-state index in [1.54, 1.807) is 0 Å². The first-order valence-corrected chi connectivity index (χ1v) is 3.08. The van der Waals surface area contributed by atoms with Crippen molar-refractivity contribution in [2.24, 2.45) is 0 Å². The quantitative estimate of drug-likeness (QED) is 0.644. The van der Waals surface area contributed by atoms with E-state index in [0.29, 0.717) is 0 Å². The highest BCUT2D eigenvalue weighted by Gasteiger charge is 2.00. The normalized spacial score (nSPS) is 9.50. The Bertz CT molecular complexity index is 242. The van der Waals surface area contributed by atoms with Gasteiger partial charge in [0.1, 0.15) is 5.69 Å². The SMILES string of the molecule is ONc1cc(Cl)nnc1Cl. The van der Waals surface area contributed by atoms with Crippen molar-refractivity contribution < 1.29 is 5.21 Å². The number of halogens is 2. The molecule has 0 atom stereocenters. The molecule has 0 saturated carbocycles. The van der Waals surface area contributed by atoms with Gasteiger partial charge >= 0.3 is 0 Å². The Morgan fingerprint density at radius 2 is 2.10 bits per heavy atom. The zero-order chi connectivity index (χ0) is 7.56. The summed E-state index contributed by atoms with van der Waals surface area (Å²) in [6.45, 7) is 0. The third kappa shape index (κ3) is 1.47. The third-order valence-corrected chi connectivity index (χ3v) is 1.30. The number of nitrogens with one attached hydrogen (secondary N) is 1. The van der Waals surface area contributed by atoms with Crippen molar-refractivity contribution in [3.05, 3.63) is 16.4 Å². The highest BCUT2D eigenvalue weighted by molar-refractivity contribution is 6.33. The molecule has 0 spiro atoms. The van der Waals surface area contributed by atoms with Gasteiger partial charge in [-0.2, -0.15) is 0 Å². The second kappa shape index (κ2) is 3.01. The van der Waals surface area contributed by atoms with Crippen molar-refractivity contribution in [1.29, 1.82) is 0 Å². The predicted octanol–water partition coefficient (Wildman–Crippen LogP) is 1.58. The molecule has 1 heterocycles. The fraction of sp³-hybridized carbons (Fsp3) is 0. The first kappa shape index (κ1) is 7.53. The molecule has 0 aliphatic rings. The van der Waals surface area contributed by atoms with Crippen molar-refractivity contribution >= 4 is 28.9 Å². The van der Waals surface area contributed by atoms with Crippen LogP contribution in [0.3, 0.4) is 0 Å². The largest absolute Gasteiger partial charge is 0.291 e. The van der Waals surface area contributed by atoms with Crippen LogP contribution in [0.1, 0.15) is 0 Å². The molecule has 4 nitrogen and oxygen atoms in total. The molecule has 0 unspecified atom stereocenters. The highest BCUT2D eigenvalue weighted by Crippen LogP contribution is 2.19. The van der Waals surface area contributed by atoms with Crippen LogP contribution in [0, 0.1) is 0 Å². The monoisotopic (exact) mass is 179 g/mol. The van der Waals surface area contributed by atoms with Crippen molar-refractivity contribution in [2.45, 2.75) is 0 Å². The van der Waals surface area contributed by atoms with Crippen LogP contribution in [0.4, 0.5) is 5.69 Å². The van der Waals surface area contributed by atoms with Gasteiger partial charge in [0.25, 0.3) is 0 Å². The van der Waals surface area contributed by atoms with Gasteiger partial charge in [0, 0.05) is 6.07 Å². The topological polar surface area (TPSA) is 58.0 Å². The minimum absolute atomic E-state index is 0.0758. The third-order valence-electron chi connectivity index (χ3n) is 0.839. The second-order valence-electron chi connectivity index (χ2n) is 1.48. The van der Waals surface area contributed by atoms with Crippen LogP contribution in [-0.4, -0.2) is 15.4 Å². The van der Waals surface area contributed by atoms with Crippen LogP contribution >= 0.6 is 23.2 Å². The molecule has 0 saturated heterocycles. The summed E-state index contributed by atoms with van der Waals surface area (Å²) < 4.78 is 0. The Balaban J connectivity index is 3.09. The molecule has 1 aromatic heterocycles. The van der Waals surface area contributed by atoms with E-state index >= 15 is 0 Å². The first-order valence-electron chi connectivity index (χ1n) is 2.33. The molecule has 0 bridgehead atoms. The van der Waals surface area contributed by atoms with E-state index in [2.05, 4.69) is 10.2 Å². The first-order chi connectivity index (χ1) is 4.74. The van der Waals surface area contributed by atoms with Gasteiger partial charge in [-0.05, 0) is 0 Å². The number of rotatable bonds is 1. The van der Waals surface area contributed by atoms with Crippen LogP contribution in [0.25, 0.3) is 0 Å². The van der Waals surface area contributed by atoms with Gasteiger partial charge in [-0.25, -0.2) is 0 Å². The Kier molecular flexibility index (Phi) is 2.26. The van der Waals surface area contributed by atoms with E-state index in [9.17, 15) is 0 Å². The maximum atomic E-state index is 8.38. The average molecular weight is 180 g/mol. The summed E-state index contributed by atoms with van der Waals surface area (Å²) in [7, 11) is 0. The van der Waals surface area contributed by atoms with E-state index < -0.39 is 0 Å². The van der Waals surface area contributed by atoms with Crippen LogP contribution in [-0.2, 0) is 0 Å². The van der Waals surface area contributed by atoms with Gasteiger partial charge in [0.05, 0.1) is 0 Å². The molecule has 10 heavy (non-hydrogen) atoms. The lowest BCUT2D eigenvalue weighted by atomic mass is 10.5. The van der Waals surface area contributed by atoms with Crippen LogP contribution in [0.15, 0.2) is 6.07 Å². The highest BCUT2D eigenvalue weighted by atomic mass is 35.5. The summed E-state index contributed by atoms with van der Waals surface area (Å²) in [5, 5.41) is 15.5. The van der Waals surface area contributed by atoms with Gasteiger partial charge < -0.3 is 0 Å². The van der Waals surface area contributed by atoms with Gasteiger partial charge in [0.2, 0.25) is 0 Å². The molecule has 54 valence electrons. The molecule has 1 rings (SSSR count). The Morgan fingerprint density at radius 1 is 1.40 bits per heavy atom. The van der Waals surface area contributed by atoms with Crippen LogP contribution < -0.4 is 5.48 Å². The van der Waals surface area contributed by atoms with E-state index in [1.807, 2.05) is 5.48 Å². The summed E-state index contributed by atoms with van der Waals surface area (Å²) in [5.41, 5.74) is 2.05. The molecular formula is C4H3Cl2N3O. The second-order valence-corrected chi connectivity index (χ2v) is 2.23. The lowest BCUT2D eigenvalue weighted by molar-refractivity contribution is 0.388. The van der Waals surface area contributed by atoms with Gasteiger partial charge in [-0.15, -0.1) is 10.2 Å². The molecule has 0 radical (unpaired) electrons. The lowest BCUT2D eigenvalue weighted by Gasteiger charge is -1.98. The van der Waals surface area contributed by atoms with Crippen LogP contribution in [0.5, 0.6) is 0 Å². The Labute approximate surface area is 66.7 Å². The smallest absolute Gasteiger partial charge is 0.177 e. The molecular weight excluding hydrogens is 177 g/mol. The minimum Gasteiger partial charge on any atom is -0.291 e. The maximum absolute atomic E-state index is 8.38. The molecule has 0 fully saturated rings. The molecule has 6 heteroatoms.